The second-order valence-corrected chi connectivity index (χ2v) is 7.65. The number of nitrogens with two attached hydrogens (primary N) is 1. The van der Waals surface area contributed by atoms with Crippen molar-refractivity contribution in [3.63, 3.8) is 0 Å². The Bertz CT molecular complexity index is 970. The summed E-state index contributed by atoms with van der Waals surface area (Å²) in [6.07, 6.45) is 3.11. The summed E-state index contributed by atoms with van der Waals surface area (Å²) in [5.41, 5.74) is 7.82. The maximum absolute atomic E-state index is 13.8. The second kappa shape index (κ2) is 11.2. The third kappa shape index (κ3) is 6.02. The summed E-state index contributed by atoms with van der Waals surface area (Å²) in [5, 5.41) is 3.04. The predicted molar refractivity (Wildman–Crippen MR) is 114 cm³/mol. The van der Waals surface area contributed by atoms with Gasteiger partial charge in [-0.2, -0.15) is 8.78 Å². The topological polar surface area (TPSA) is 80.0 Å². The molecule has 1 aromatic rings. The van der Waals surface area contributed by atoms with Crippen molar-refractivity contribution in [1.82, 2.24) is 10.2 Å². The summed E-state index contributed by atoms with van der Waals surface area (Å²) in [7, 11) is 1.61. The number of likely N-dealkylation sites (tertiary alicyclic amines) is 1. The number of benzene rings is 1. The first-order valence-corrected chi connectivity index (χ1v) is 10.4. The Morgan fingerprint density at radius 2 is 1.61 bits per heavy atom. The van der Waals surface area contributed by atoms with Crippen molar-refractivity contribution in [3.05, 3.63) is 52.3 Å². The van der Waals surface area contributed by atoms with E-state index in [-0.39, 0.29) is 12.8 Å². The van der Waals surface area contributed by atoms with Crippen molar-refractivity contribution < 1.29 is 31.5 Å². The number of ether oxygens (including phenoxy) is 1. The fraction of sp³-hybridized carbons (Fsp3) is 0.455. The molecule has 3 N–H and O–H groups in total. The zero-order chi connectivity index (χ0) is 24.9. The van der Waals surface area contributed by atoms with Crippen LogP contribution in [-0.2, 0) is 4.79 Å². The van der Waals surface area contributed by atoms with Crippen LogP contribution in [0.15, 0.2) is 28.2 Å². The van der Waals surface area contributed by atoms with E-state index < -0.39 is 46.7 Å². The Morgan fingerprint density at radius 3 is 2.09 bits per heavy atom. The summed E-state index contributed by atoms with van der Waals surface area (Å²) in [4.78, 5) is 18.5. The van der Waals surface area contributed by atoms with E-state index in [1.165, 1.54) is 0 Å². The van der Waals surface area contributed by atoms with E-state index in [2.05, 4.69) is 15.0 Å². The van der Waals surface area contributed by atoms with E-state index in [0.717, 1.165) is 17.7 Å². The SMILES string of the molecule is CC/C(C)=C(\N)NC(/C=C(\C)N1CCC(C(=O)Oc2c(F)c(F)c(F)c(F)c2F)CC1)=NC. The summed E-state index contributed by atoms with van der Waals surface area (Å²) in [6.45, 7) is 6.56. The quantitative estimate of drug-likeness (QED) is 0.123. The number of allylic oxidation sites excluding steroid dienone is 2. The molecule has 1 aromatic carbocycles. The van der Waals surface area contributed by atoms with Crippen molar-refractivity contribution in [3.8, 4) is 5.75 Å². The summed E-state index contributed by atoms with van der Waals surface area (Å²) in [5.74, 6) is -13.3. The summed E-state index contributed by atoms with van der Waals surface area (Å²) < 4.78 is 71.9. The third-order valence-corrected chi connectivity index (χ3v) is 5.54. The van der Waals surface area contributed by atoms with Crippen LogP contribution in [0.5, 0.6) is 5.75 Å². The lowest BCUT2D eigenvalue weighted by molar-refractivity contribution is -0.140. The maximum atomic E-state index is 13.8. The average Bonchev–Trinajstić information content (AvgIpc) is 2.82. The molecule has 0 radical (unpaired) electrons. The molecular weight excluding hydrogens is 447 g/mol. The van der Waals surface area contributed by atoms with Gasteiger partial charge in [0.1, 0.15) is 11.7 Å². The molecule has 0 bridgehead atoms. The van der Waals surface area contributed by atoms with E-state index in [1.54, 1.807) is 13.1 Å². The molecule has 6 nitrogen and oxygen atoms in total. The molecule has 0 atom stereocenters. The fourth-order valence-corrected chi connectivity index (χ4v) is 3.21. The molecule has 1 aliphatic rings. The van der Waals surface area contributed by atoms with Gasteiger partial charge in [-0.05, 0) is 44.8 Å². The lowest BCUT2D eigenvalue weighted by atomic mass is 9.96. The molecule has 0 amide bonds. The van der Waals surface area contributed by atoms with Gasteiger partial charge in [-0.15, -0.1) is 0 Å². The highest BCUT2D eigenvalue weighted by atomic mass is 19.2. The van der Waals surface area contributed by atoms with Gasteiger partial charge in [0.2, 0.25) is 34.8 Å². The number of piperidine rings is 1. The van der Waals surface area contributed by atoms with Crippen molar-refractivity contribution in [1.29, 1.82) is 0 Å². The van der Waals surface area contributed by atoms with Crippen LogP contribution < -0.4 is 15.8 Å². The zero-order valence-electron chi connectivity index (χ0n) is 18.9. The third-order valence-electron chi connectivity index (χ3n) is 5.54. The number of aliphatic imine (C=N–C) groups is 1. The Balaban J connectivity index is 2.03. The number of hydrogen-bond acceptors (Lipinski definition) is 5. The molecule has 1 heterocycles. The predicted octanol–water partition coefficient (Wildman–Crippen LogP) is 4.12. The molecule has 0 unspecified atom stereocenters. The van der Waals surface area contributed by atoms with Crippen LogP contribution in [0.1, 0.15) is 40.0 Å². The smallest absolute Gasteiger partial charge is 0.314 e. The molecular formula is C22H27F5N4O2. The van der Waals surface area contributed by atoms with E-state index >= 15 is 0 Å². The standard InChI is InChI=1S/C22H27F5N4O2/c1-5-11(2)21(28)30-14(29-4)10-12(3)31-8-6-13(7-9-31)22(32)33-20-18(26)16(24)15(23)17(25)19(20)27/h10,13H,5-9,28H2,1-4H3,(H,29,30)/b12-10+,21-11+. The van der Waals surface area contributed by atoms with Gasteiger partial charge in [0, 0.05) is 25.8 Å². The number of amidine groups is 1. The zero-order valence-corrected chi connectivity index (χ0v) is 18.9. The number of carbonyl (C=O) groups is 1. The van der Waals surface area contributed by atoms with Crippen LogP contribution in [0.25, 0.3) is 0 Å². The number of carbonyl (C=O) groups excluding carboxylic acids is 1. The van der Waals surface area contributed by atoms with Gasteiger partial charge >= 0.3 is 5.97 Å². The lowest BCUT2D eigenvalue weighted by Gasteiger charge is -2.33. The Morgan fingerprint density at radius 1 is 1.09 bits per heavy atom. The van der Waals surface area contributed by atoms with E-state index in [1.807, 2.05) is 25.7 Å². The molecule has 0 saturated carbocycles. The largest absolute Gasteiger partial charge is 0.420 e. The Kier molecular flexibility index (Phi) is 8.84. The van der Waals surface area contributed by atoms with Gasteiger partial charge < -0.3 is 20.7 Å². The van der Waals surface area contributed by atoms with Gasteiger partial charge in [0.15, 0.2) is 0 Å². The van der Waals surface area contributed by atoms with Crippen molar-refractivity contribution >= 4 is 11.8 Å². The fourth-order valence-electron chi connectivity index (χ4n) is 3.21. The monoisotopic (exact) mass is 474 g/mol. The van der Waals surface area contributed by atoms with Gasteiger partial charge in [-0.1, -0.05) is 6.92 Å². The molecule has 0 spiro atoms. The molecule has 1 fully saturated rings. The molecule has 182 valence electrons. The van der Waals surface area contributed by atoms with Crippen molar-refractivity contribution in [2.24, 2.45) is 16.6 Å². The van der Waals surface area contributed by atoms with Gasteiger partial charge in [0.25, 0.3) is 0 Å². The summed E-state index contributed by atoms with van der Waals surface area (Å²) >= 11 is 0. The minimum Gasteiger partial charge on any atom is -0.420 e. The van der Waals surface area contributed by atoms with Crippen LogP contribution in [0.4, 0.5) is 22.0 Å². The van der Waals surface area contributed by atoms with E-state index in [0.29, 0.717) is 24.7 Å². The minimum atomic E-state index is -2.31. The number of rotatable bonds is 6. The molecule has 1 aliphatic heterocycles. The molecule has 33 heavy (non-hydrogen) atoms. The Hall–Kier alpha value is -3.11. The second-order valence-electron chi connectivity index (χ2n) is 7.65. The molecule has 0 aromatic heterocycles. The first-order chi connectivity index (χ1) is 15.5. The maximum Gasteiger partial charge on any atom is 0.314 e. The highest BCUT2D eigenvalue weighted by Gasteiger charge is 2.32. The first kappa shape index (κ1) is 26.1. The van der Waals surface area contributed by atoms with Crippen LogP contribution in [0, 0.1) is 35.0 Å². The number of nitrogens with one attached hydrogen (secondary N) is 1. The van der Waals surface area contributed by atoms with Crippen molar-refractivity contribution in [2.75, 3.05) is 20.1 Å². The van der Waals surface area contributed by atoms with Gasteiger partial charge in [0.05, 0.1) is 5.92 Å². The molecule has 2 rings (SSSR count). The lowest BCUT2D eigenvalue weighted by Crippen LogP contribution is -2.37. The van der Waals surface area contributed by atoms with Gasteiger partial charge in [-0.25, -0.2) is 13.2 Å². The van der Waals surface area contributed by atoms with Crippen LogP contribution in [0.3, 0.4) is 0 Å². The van der Waals surface area contributed by atoms with Crippen LogP contribution in [0.2, 0.25) is 0 Å². The first-order valence-electron chi connectivity index (χ1n) is 10.4. The normalized spacial score (nSPS) is 16.6. The van der Waals surface area contributed by atoms with E-state index in [4.69, 9.17) is 5.73 Å². The van der Waals surface area contributed by atoms with Crippen LogP contribution in [-0.4, -0.2) is 36.8 Å². The van der Waals surface area contributed by atoms with E-state index in [9.17, 15) is 26.7 Å². The molecule has 0 aliphatic carbocycles. The number of esters is 1. The number of halogens is 5. The minimum absolute atomic E-state index is 0.266. The molecule has 11 heteroatoms. The number of nitrogens with zero attached hydrogens (tertiary/aromatic N) is 2. The van der Waals surface area contributed by atoms with Gasteiger partial charge in [-0.3, -0.25) is 9.79 Å². The molecule has 1 saturated heterocycles. The highest BCUT2D eigenvalue weighted by molar-refractivity contribution is 5.94. The highest BCUT2D eigenvalue weighted by Crippen LogP contribution is 2.31. The number of hydrogen-bond donors (Lipinski definition) is 2. The Labute approximate surface area is 189 Å². The summed E-state index contributed by atoms with van der Waals surface area (Å²) in [6, 6.07) is 0. The average molecular weight is 474 g/mol. The van der Waals surface area contributed by atoms with Crippen molar-refractivity contribution in [2.45, 2.75) is 40.0 Å². The van der Waals surface area contributed by atoms with Crippen LogP contribution >= 0.6 is 0 Å².